The zero-order chi connectivity index (χ0) is 20.2. The molecule has 1 saturated carbocycles. The van der Waals surface area contributed by atoms with Gasteiger partial charge in [-0.2, -0.15) is 0 Å². The average Bonchev–Trinajstić information content (AvgIpc) is 3.31. The molecule has 29 heavy (non-hydrogen) atoms. The van der Waals surface area contributed by atoms with Crippen molar-refractivity contribution in [3.05, 3.63) is 42.7 Å². The van der Waals surface area contributed by atoms with Crippen molar-refractivity contribution in [3.63, 3.8) is 0 Å². The number of aromatic amines is 1. The molecule has 1 fully saturated rings. The highest BCUT2D eigenvalue weighted by Crippen LogP contribution is 2.47. The molecule has 0 aliphatic heterocycles. The Morgan fingerprint density at radius 1 is 1.28 bits per heavy atom. The van der Waals surface area contributed by atoms with Gasteiger partial charge in [0.05, 0.1) is 6.20 Å². The van der Waals surface area contributed by atoms with Crippen LogP contribution in [-0.2, 0) is 0 Å². The maximum atomic E-state index is 13.7. The van der Waals surface area contributed by atoms with Crippen LogP contribution in [0.15, 0.2) is 36.9 Å². The number of hydrogen-bond acceptors (Lipinski definition) is 5. The summed E-state index contributed by atoms with van der Waals surface area (Å²) in [5.41, 5.74) is 1.33. The van der Waals surface area contributed by atoms with Crippen molar-refractivity contribution in [1.82, 2.24) is 24.5 Å². The van der Waals surface area contributed by atoms with Gasteiger partial charge < -0.3 is 19.8 Å². The minimum Gasteiger partial charge on any atom is -0.368 e. The second-order valence-electron chi connectivity index (χ2n) is 8.09. The van der Waals surface area contributed by atoms with Gasteiger partial charge in [0.25, 0.3) is 0 Å². The van der Waals surface area contributed by atoms with Crippen molar-refractivity contribution in [3.8, 4) is 11.4 Å². The third-order valence-corrected chi connectivity index (χ3v) is 6.32. The lowest BCUT2D eigenvalue weighted by atomic mass is 9.71. The van der Waals surface area contributed by atoms with Gasteiger partial charge in [-0.25, -0.2) is 19.3 Å². The van der Waals surface area contributed by atoms with Gasteiger partial charge in [-0.05, 0) is 25.0 Å². The number of pyridine rings is 1. The molecule has 0 aromatic carbocycles. The van der Waals surface area contributed by atoms with Crippen LogP contribution in [0.2, 0.25) is 0 Å². The Bertz CT molecular complexity index is 1200. The lowest BCUT2D eigenvalue weighted by molar-refractivity contribution is -0.158. The van der Waals surface area contributed by atoms with Crippen molar-refractivity contribution in [2.75, 3.05) is 0 Å². The smallest absolute Gasteiger partial charge is 0.163 e. The highest BCUT2D eigenvalue weighted by atomic mass is 19.1. The number of aliphatic hydroxyl groups is 2. The predicted molar refractivity (Wildman–Crippen MR) is 106 cm³/mol. The van der Waals surface area contributed by atoms with Crippen LogP contribution in [-0.4, -0.2) is 41.0 Å². The molecule has 3 N–H and O–H groups in total. The number of fused-ring (bicyclic) bond motifs is 2. The highest BCUT2D eigenvalue weighted by Gasteiger charge is 2.43. The largest absolute Gasteiger partial charge is 0.368 e. The van der Waals surface area contributed by atoms with Crippen LogP contribution in [0.1, 0.15) is 38.6 Å². The molecule has 1 aliphatic rings. The summed E-state index contributed by atoms with van der Waals surface area (Å²) in [5.74, 6) is 0.0517. The Morgan fingerprint density at radius 3 is 2.97 bits per heavy atom. The number of halogens is 1. The molecule has 150 valence electrons. The molecule has 0 saturated heterocycles. The SMILES string of the molecule is C[C@]1(C(O)O)CCCCC1n1ccc2cnc(-c3c[nH]c4ncc(F)cc34)nc21. The zero-order valence-corrected chi connectivity index (χ0v) is 16.0. The van der Waals surface area contributed by atoms with Gasteiger partial charge in [-0.1, -0.05) is 19.8 Å². The van der Waals surface area contributed by atoms with E-state index in [4.69, 9.17) is 4.98 Å². The Balaban J connectivity index is 1.65. The summed E-state index contributed by atoms with van der Waals surface area (Å²) in [6, 6.07) is 3.27. The molecular weight excluding hydrogens is 373 g/mol. The van der Waals surface area contributed by atoms with Crippen LogP contribution in [0.25, 0.3) is 33.5 Å². The number of aromatic nitrogens is 5. The first kappa shape index (κ1) is 18.2. The lowest BCUT2D eigenvalue weighted by Gasteiger charge is -2.43. The molecule has 5 rings (SSSR count). The van der Waals surface area contributed by atoms with E-state index in [-0.39, 0.29) is 6.04 Å². The molecule has 8 heteroatoms. The van der Waals surface area contributed by atoms with Crippen LogP contribution >= 0.6 is 0 Å². The number of H-pyrrole nitrogens is 1. The molecule has 0 bridgehead atoms. The molecule has 4 heterocycles. The van der Waals surface area contributed by atoms with Crippen LogP contribution in [0.4, 0.5) is 4.39 Å². The van der Waals surface area contributed by atoms with Gasteiger partial charge in [0, 0.05) is 46.4 Å². The number of hydrogen-bond donors (Lipinski definition) is 3. The summed E-state index contributed by atoms with van der Waals surface area (Å²) in [6.07, 6.45) is 8.76. The van der Waals surface area contributed by atoms with Crippen molar-refractivity contribution < 1.29 is 14.6 Å². The zero-order valence-electron chi connectivity index (χ0n) is 16.0. The topological polar surface area (TPSA) is 99.8 Å². The van der Waals surface area contributed by atoms with Gasteiger partial charge in [-0.15, -0.1) is 0 Å². The minimum atomic E-state index is -1.41. The quantitative estimate of drug-likeness (QED) is 0.461. The Morgan fingerprint density at radius 2 is 2.14 bits per heavy atom. The van der Waals surface area contributed by atoms with Crippen LogP contribution < -0.4 is 0 Å². The van der Waals surface area contributed by atoms with E-state index in [0.29, 0.717) is 22.4 Å². The van der Waals surface area contributed by atoms with Crippen LogP contribution in [0.5, 0.6) is 0 Å². The second-order valence-corrected chi connectivity index (χ2v) is 8.09. The Hall–Kier alpha value is -2.84. The number of aliphatic hydroxyl groups excluding tert-OH is 1. The molecule has 0 radical (unpaired) electrons. The first-order valence-corrected chi connectivity index (χ1v) is 9.80. The molecule has 2 atom stereocenters. The van der Waals surface area contributed by atoms with E-state index in [1.807, 2.05) is 23.8 Å². The van der Waals surface area contributed by atoms with E-state index in [1.165, 1.54) is 12.3 Å². The monoisotopic (exact) mass is 395 g/mol. The number of rotatable bonds is 3. The fraction of sp³-hybridized carbons (Fsp3) is 0.381. The van der Waals surface area contributed by atoms with Gasteiger partial charge in [0.15, 0.2) is 12.1 Å². The molecule has 1 aliphatic carbocycles. The first-order valence-electron chi connectivity index (χ1n) is 9.80. The van der Waals surface area contributed by atoms with E-state index in [9.17, 15) is 14.6 Å². The minimum absolute atomic E-state index is 0.0846. The van der Waals surface area contributed by atoms with Crippen molar-refractivity contribution in [1.29, 1.82) is 0 Å². The van der Waals surface area contributed by atoms with Crippen LogP contribution in [0.3, 0.4) is 0 Å². The van der Waals surface area contributed by atoms with Crippen molar-refractivity contribution in [2.24, 2.45) is 5.41 Å². The molecule has 1 unspecified atom stereocenters. The Labute approximate surface area is 166 Å². The summed E-state index contributed by atoms with van der Waals surface area (Å²) < 4.78 is 15.7. The first-order chi connectivity index (χ1) is 14.0. The van der Waals surface area contributed by atoms with E-state index < -0.39 is 17.5 Å². The molecular formula is C21H22FN5O2. The van der Waals surface area contributed by atoms with Crippen molar-refractivity contribution >= 4 is 22.1 Å². The van der Waals surface area contributed by atoms with E-state index >= 15 is 0 Å². The van der Waals surface area contributed by atoms with E-state index in [0.717, 1.165) is 36.7 Å². The third kappa shape index (κ3) is 2.82. The summed E-state index contributed by atoms with van der Waals surface area (Å²) in [6.45, 7) is 1.92. The fourth-order valence-corrected chi connectivity index (χ4v) is 4.58. The van der Waals surface area contributed by atoms with Gasteiger partial charge >= 0.3 is 0 Å². The normalized spacial score (nSPS) is 22.7. The molecule has 4 aromatic rings. The van der Waals surface area contributed by atoms with Gasteiger partial charge in [0.1, 0.15) is 17.1 Å². The summed E-state index contributed by atoms with van der Waals surface area (Å²) in [5, 5.41) is 21.7. The van der Waals surface area contributed by atoms with Gasteiger partial charge in [-0.3, -0.25) is 0 Å². The fourth-order valence-electron chi connectivity index (χ4n) is 4.58. The summed E-state index contributed by atoms with van der Waals surface area (Å²) in [4.78, 5) is 16.3. The highest BCUT2D eigenvalue weighted by molar-refractivity contribution is 5.92. The summed E-state index contributed by atoms with van der Waals surface area (Å²) in [7, 11) is 0. The predicted octanol–water partition coefficient (Wildman–Crippen LogP) is 3.55. The maximum absolute atomic E-state index is 13.7. The molecule has 0 spiro atoms. The lowest BCUT2D eigenvalue weighted by Crippen LogP contribution is -2.42. The van der Waals surface area contributed by atoms with E-state index in [2.05, 4.69) is 15.0 Å². The van der Waals surface area contributed by atoms with Gasteiger partial charge in [0.2, 0.25) is 0 Å². The molecule has 7 nitrogen and oxygen atoms in total. The van der Waals surface area contributed by atoms with Crippen LogP contribution in [0, 0.1) is 11.2 Å². The van der Waals surface area contributed by atoms with E-state index in [1.54, 1.807) is 12.4 Å². The number of nitrogens with one attached hydrogen (secondary N) is 1. The molecule has 0 amide bonds. The van der Waals surface area contributed by atoms with Crippen molar-refractivity contribution in [2.45, 2.75) is 44.9 Å². The third-order valence-electron chi connectivity index (χ3n) is 6.32. The molecule has 4 aromatic heterocycles. The average molecular weight is 395 g/mol. The Kier molecular flexibility index (Phi) is 4.15. The maximum Gasteiger partial charge on any atom is 0.163 e. The standard InChI is InChI=1S/C21H22FN5O2/c1-21(20(28)29)6-3-2-4-16(21)27-7-5-12-9-23-18(26-19(12)27)15-11-25-17-14(15)8-13(22)10-24-17/h5,7-11,16,20,28-29H,2-4,6H2,1H3,(H,24,25)/t16?,21-/m0/s1. The number of nitrogens with zero attached hydrogens (tertiary/aromatic N) is 4. The second kappa shape index (κ2) is 6.60. The summed E-state index contributed by atoms with van der Waals surface area (Å²) >= 11 is 0.